The molecule has 3 aromatic rings. The third kappa shape index (κ3) is 3.52. The number of nitrogens with one attached hydrogen (secondary N) is 3. The molecular weight excluding hydrogens is 356 g/mol. The summed E-state index contributed by atoms with van der Waals surface area (Å²) in [5.74, 6) is 0.104. The van der Waals surface area contributed by atoms with Crippen LogP contribution in [-0.4, -0.2) is 33.9 Å². The smallest absolute Gasteiger partial charge is 0.339 e. The summed E-state index contributed by atoms with van der Waals surface area (Å²) in [5, 5.41) is 3.06. The Kier molecular flexibility index (Phi) is 5.53. The van der Waals surface area contributed by atoms with E-state index in [0.29, 0.717) is 34.8 Å². The SMILES string of the molecule is CCc1[nH]c(C(=O)NC(c2nc3ccccc3[nH]2)C(C)C)c(C)c1C(=O)OC. The molecular formula is C21H26N4O3. The number of H-pyrrole nitrogens is 2. The predicted octanol–water partition coefficient (Wildman–Crippen LogP) is 3.68. The first-order valence-corrected chi connectivity index (χ1v) is 9.42. The van der Waals surface area contributed by atoms with Gasteiger partial charge in [-0.25, -0.2) is 9.78 Å². The maximum absolute atomic E-state index is 13.0. The number of benzene rings is 1. The van der Waals surface area contributed by atoms with Gasteiger partial charge >= 0.3 is 5.97 Å². The van der Waals surface area contributed by atoms with Crippen LogP contribution in [0.25, 0.3) is 11.0 Å². The van der Waals surface area contributed by atoms with Crippen molar-refractivity contribution in [2.45, 2.75) is 40.2 Å². The number of methoxy groups -OCH3 is 1. The number of fused-ring (bicyclic) bond motifs is 1. The van der Waals surface area contributed by atoms with Gasteiger partial charge in [-0.05, 0) is 37.0 Å². The van der Waals surface area contributed by atoms with E-state index < -0.39 is 5.97 Å². The van der Waals surface area contributed by atoms with Crippen molar-refractivity contribution in [1.29, 1.82) is 0 Å². The van der Waals surface area contributed by atoms with E-state index >= 15 is 0 Å². The van der Waals surface area contributed by atoms with Crippen LogP contribution in [0, 0.1) is 12.8 Å². The Balaban J connectivity index is 1.93. The van der Waals surface area contributed by atoms with Crippen molar-refractivity contribution in [3.05, 3.63) is 52.6 Å². The summed E-state index contributed by atoms with van der Waals surface area (Å²) in [4.78, 5) is 36.2. The van der Waals surface area contributed by atoms with Gasteiger partial charge in [-0.2, -0.15) is 0 Å². The summed E-state index contributed by atoms with van der Waals surface area (Å²) >= 11 is 0. The molecule has 28 heavy (non-hydrogen) atoms. The van der Waals surface area contributed by atoms with E-state index in [9.17, 15) is 9.59 Å². The van der Waals surface area contributed by atoms with Crippen LogP contribution in [0.3, 0.4) is 0 Å². The topological polar surface area (TPSA) is 99.9 Å². The number of hydrogen-bond acceptors (Lipinski definition) is 4. The van der Waals surface area contributed by atoms with Gasteiger partial charge in [0.25, 0.3) is 5.91 Å². The molecule has 0 aliphatic rings. The highest BCUT2D eigenvalue weighted by atomic mass is 16.5. The Labute approximate surface area is 163 Å². The number of esters is 1. The molecule has 7 heteroatoms. The van der Waals surface area contributed by atoms with Crippen LogP contribution in [0.5, 0.6) is 0 Å². The highest BCUT2D eigenvalue weighted by molar-refractivity contribution is 6.00. The van der Waals surface area contributed by atoms with Crippen molar-refractivity contribution in [2.24, 2.45) is 5.92 Å². The Hall–Kier alpha value is -3.09. The molecule has 0 saturated heterocycles. The number of aromatic amines is 2. The van der Waals surface area contributed by atoms with Crippen LogP contribution in [0.15, 0.2) is 24.3 Å². The van der Waals surface area contributed by atoms with E-state index in [2.05, 4.69) is 20.3 Å². The number of aromatic nitrogens is 3. The van der Waals surface area contributed by atoms with Crippen molar-refractivity contribution in [2.75, 3.05) is 7.11 Å². The second-order valence-electron chi connectivity index (χ2n) is 7.16. The quantitative estimate of drug-likeness (QED) is 0.566. The minimum absolute atomic E-state index is 0.116. The molecule has 0 saturated carbocycles. The molecule has 0 spiro atoms. The number of ether oxygens (including phenoxy) is 1. The van der Waals surface area contributed by atoms with Crippen LogP contribution in [-0.2, 0) is 11.2 Å². The minimum Gasteiger partial charge on any atom is -0.465 e. The Morgan fingerprint density at radius 3 is 2.54 bits per heavy atom. The standard InChI is InChI=1S/C21H26N4O3/c1-6-13-16(21(27)28-5)12(4)18(22-13)20(26)25-17(11(2)3)19-23-14-9-7-8-10-15(14)24-19/h7-11,17,22H,6H2,1-5H3,(H,23,24)(H,25,26). The average molecular weight is 382 g/mol. The van der Waals surface area contributed by atoms with Gasteiger partial charge in [0, 0.05) is 5.69 Å². The van der Waals surface area contributed by atoms with E-state index in [1.807, 2.05) is 45.0 Å². The largest absolute Gasteiger partial charge is 0.465 e. The van der Waals surface area contributed by atoms with E-state index in [1.54, 1.807) is 6.92 Å². The number of aryl methyl sites for hydroxylation is 1. The molecule has 148 valence electrons. The second kappa shape index (κ2) is 7.88. The number of imidazole rings is 1. The van der Waals surface area contributed by atoms with Gasteiger partial charge in [-0.1, -0.05) is 32.9 Å². The lowest BCUT2D eigenvalue weighted by Crippen LogP contribution is -2.33. The molecule has 3 N–H and O–H groups in total. The Morgan fingerprint density at radius 2 is 1.93 bits per heavy atom. The zero-order valence-corrected chi connectivity index (χ0v) is 16.8. The molecule has 0 aliphatic heterocycles. The van der Waals surface area contributed by atoms with Crippen molar-refractivity contribution in [3.63, 3.8) is 0 Å². The van der Waals surface area contributed by atoms with Crippen molar-refractivity contribution in [1.82, 2.24) is 20.3 Å². The molecule has 0 aliphatic carbocycles. The zero-order valence-electron chi connectivity index (χ0n) is 16.8. The Bertz CT molecular complexity index is 983. The monoisotopic (exact) mass is 382 g/mol. The summed E-state index contributed by atoms with van der Waals surface area (Å²) in [6.45, 7) is 7.72. The van der Waals surface area contributed by atoms with Crippen LogP contribution in [0.4, 0.5) is 0 Å². The van der Waals surface area contributed by atoms with Crippen LogP contribution < -0.4 is 5.32 Å². The lowest BCUT2D eigenvalue weighted by molar-refractivity contribution is 0.0599. The number of carbonyl (C=O) groups is 2. The average Bonchev–Trinajstić information content (AvgIpc) is 3.25. The van der Waals surface area contributed by atoms with Gasteiger partial charge < -0.3 is 20.0 Å². The third-order valence-electron chi connectivity index (χ3n) is 4.95. The third-order valence-corrected chi connectivity index (χ3v) is 4.95. The first-order valence-electron chi connectivity index (χ1n) is 9.42. The summed E-state index contributed by atoms with van der Waals surface area (Å²) in [6.07, 6.45) is 0.593. The van der Waals surface area contributed by atoms with Crippen molar-refractivity contribution in [3.8, 4) is 0 Å². The maximum atomic E-state index is 13.0. The summed E-state index contributed by atoms with van der Waals surface area (Å²) in [5.41, 5.74) is 3.87. The van der Waals surface area contributed by atoms with E-state index in [4.69, 9.17) is 4.74 Å². The predicted molar refractivity (Wildman–Crippen MR) is 107 cm³/mol. The minimum atomic E-state index is -0.442. The lowest BCUT2D eigenvalue weighted by Gasteiger charge is -2.20. The van der Waals surface area contributed by atoms with Gasteiger partial charge in [0.05, 0.1) is 29.7 Å². The molecule has 2 heterocycles. The fourth-order valence-electron chi connectivity index (χ4n) is 3.41. The van der Waals surface area contributed by atoms with Crippen molar-refractivity contribution < 1.29 is 14.3 Å². The van der Waals surface area contributed by atoms with E-state index in [1.165, 1.54) is 7.11 Å². The maximum Gasteiger partial charge on any atom is 0.339 e. The number of carbonyl (C=O) groups excluding carboxylic acids is 2. The fraction of sp³-hybridized carbons (Fsp3) is 0.381. The molecule has 1 atom stereocenters. The van der Waals surface area contributed by atoms with Gasteiger partial charge in [0.1, 0.15) is 11.5 Å². The summed E-state index contributed by atoms with van der Waals surface area (Å²) in [7, 11) is 1.34. The van der Waals surface area contributed by atoms with E-state index in [0.717, 1.165) is 11.0 Å². The molecule has 0 radical (unpaired) electrons. The summed E-state index contributed by atoms with van der Waals surface area (Å²) in [6, 6.07) is 7.46. The molecule has 0 bridgehead atoms. The van der Waals surface area contributed by atoms with Gasteiger partial charge in [-0.15, -0.1) is 0 Å². The fourth-order valence-corrected chi connectivity index (χ4v) is 3.41. The number of nitrogens with zero attached hydrogens (tertiary/aromatic N) is 1. The first kappa shape index (κ1) is 19.7. The molecule has 1 amide bonds. The number of para-hydroxylation sites is 2. The summed E-state index contributed by atoms with van der Waals surface area (Å²) < 4.78 is 4.87. The highest BCUT2D eigenvalue weighted by Crippen LogP contribution is 2.25. The number of rotatable bonds is 6. The lowest BCUT2D eigenvalue weighted by atomic mass is 10.0. The first-order chi connectivity index (χ1) is 13.4. The van der Waals surface area contributed by atoms with Crippen LogP contribution in [0.2, 0.25) is 0 Å². The van der Waals surface area contributed by atoms with Gasteiger partial charge in [0.15, 0.2) is 0 Å². The molecule has 7 nitrogen and oxygen atoms in total. The second-order valence-corrected chi connectivity index (χ2v) is 7.16. The zero-order chi connectivity index (χ0) is 20.4. The normalized spacial score (nSPS) is 12.4. The molecule has 0 fully saturated rings. The number of hydrogen-bond donors (Lipinski definition) is 3. The number of amides is 1. The van der Waals surface area contributed by atoms with Crippen LogP contribution in [0.1, 0.15) is 64.7 Å². The van der Waals surface area contributed by atoms with Gasteiger partial charge in [-0.3, -0.25) is 4.79 Å². The molecule has 1 aromatic carbocycles. The molecule has 2 aromatic heterocycles. The van der Waals surface area contributed by atoms with Gasteiger partial charge in [0.2, 0.25) is 0 Å². The highest BCUT2D eigenvalue weighted by Gasteiger charge is 2.27. The van der Waals surface area contributed by atoms with Crippen molar-refractivity contribution >= 4 is 22.9 Å². The molecule has 3 rings (SSSR count). The Morgan fingerprint density at radius 1 is 1.21 bits per heavy atom. The van der Waals surface area contributed by atoms with Crippen LogP contribution >= 0.6 is 0 Å². The molecule has 1 unspecified atom stereocenters. The van der Waals surface area contributed by atoms with E-state index in [-0.39, 0.29) is 17.9 Å².